The van der Waals surface area contributed by atoms with Gasteiger partial charge in [0.15, 0.2) is 11.2 Å². The average Bonchev–Trinajstić information content (AvgIpc) is 2.59. The van der Waals surface area contributed by atoms with Crippen molar-refractivity contribution in [3.8, 4) is 5.75 Å². The molecule has 2 heterocycles. The highest BCUT2D eigenvalue weighted by Crippen LogP contribution is 2.26. The Hall–Kier alpha value is -2.79. The molecule has 0 N–H and O–H groups in total. The van der Waals surface area contributed by atoms with Crippen molar-refractivity contribution < 1.29 is 9.47 Å². The van der Waals surface area contributed by atoms with E-state index in [1.54, 1.807) is 12.5 Å². The van der Waals surface area contributed by atoms with Crippen LogP contribution in [0.5, 0.6) is 5.75 Å². The van der Waals surface area contributed by atoms with Gasteiger partial charge in [-0.15, -0.1) is 0 Å². The molecule has 0 amide bonds. The summed E-state index contributed by atoms with van der Waals surface area (Å²) in [6.45, 7) is 1.15. The van der Waals surface area contributed by atoms with E-state index < -0.39 is 0 Å². The highest BCUT2D eigenvalue weighted by atomic mass is 16.5. The molecule has 5 nitrogen and oxygen atoms in total. The summed E-state index contributed by atoms with van der Waals surface area (Å²) < 4.78 is 11.2. The SMILES string of the molecule is C1=CCCOCC=c2cncnc2=Nc2ccccc2OC=C1. The number of fused-ring (bicyclic) bond motifs is 2. The normalized spacial score (nSPS) is 15.0. The summed E-state index contributed by atoms with van der Waals surface area (Å²) in [5.41, 5.74) is 1.31. The van der Waals surface area contributed by atoms with E-state index in [1.807, 2.05) is 48.6 Å². The zero-order valence-electron chi connectivity index (χ0n) is 12.6. The van der Waals surface area contributed by atoms with Crippen LogP contribution >= 0.6 is 0 Å². The third-order valence-electron chi connectivity index (χ3n) is 3.18. The molecule has 0 bridgehead atoms. The highest BCUT2D eigenvalue weighted by Gasteiger charge is 2.00. The van der Waals surface area contributed by atoms with E-state index >= 15 is 0 Å². The third kappa shape index (κ3) is 4.34. The van der Waals surface area contributed by atoms with Crippen molar-refractivity contribution in [3.05, 3.63) is 72.0 Å². The molecule has 1 aliphatic heterocycles. The van der Waals surface area contributed by atoms with Crippen LogP contribution in [0.25, 0.3) is 6.08 Å². The van der Waals surface area contributed by atoms with E-state index in [1.165, 1.54) is 6.33 Å². The summed E-state index contributed by atoms with van der Waals surface area (Å²) in [5.74, 6) is 0.674. The van der Waals surface area contributed by atoms with Crippen LogP contribution < -0.4 is 15.4 Å². The number of hydrogen-bond donors (Lipinski definition) is 0. The quantitative estimate of drug-likeness (QED) is 0.748. The summed E-state index contributed by atoms with van der Waals surface area (Å²) in [6.07, 6.45) is 13.5. The van der Waals surface area contributed by atoms with E-state index in [2.05, 4.69) is 15.0 Å². The summed E-state index contributed by atoms with van der Waals surface area (Å²) in [5, 5.41) is 0.836. The third-order valence-corrected chi connectivity index (χ3v) is 3.18. The number of allylic oxidation sites excluding steroid dienone is 2. The van der Waals surface area contributed by atoms with Crippen molar-refractivity contribution in [1.82, 2.24) is 9.97 Å². The van der Waals surface area contributed by atoms with Gasteiger partial charge < -0.3 is 9.47 Å². The van der Waals surface area contributed by atoms with Gasteiger partial charge in [0.2, 0.25) is 0 Å². The largest absolute Gasteiger partial charge is 0.463 e. The summed E-state index contributed by atoms with van der Waals surface area (Å²) >= 11 is 0. The Morgan fingerprint density at radius 2 is 2.04 bits per heavy atom. The lowest BCUT2D eigenvalue weighted by atomic mass is 10.3. The molecule has 1 aromatic heterocycles. The Balaban J connectivity index is 2.08. The topological polar surface area (TPSA) is 56.6 Å². The second kappa shape index (κ2) is 8.00. The maximum Gasteiger partial charge on any atom is 0.162 e. The van der Waals surface area contributed by atoms with Crippen molar-refractivity contribution in [2.24, 2.45) is 4.99 Å². The number of ether oxygens (including phenoxy) is 2. The maximum atomic E-state index is 5.67. The van der Waals surface area contributed by atoms with Gasteiger partial charge >= 0.3 is 0 Å². The zero-order valence-corrected chi connectivity index (χ0v) is 12.6. The van der Waals surface area contributed by atoms with Crippen molar-refractivity contribution in [2.75, 3.05) is 13.2 Å². The van der Waals surface area contributed by atoms with Gasteiger partial charge in [0.1, 0.15) is 12.0 Å². The minimum atomic E-state index is 0.498. The van der Waals surface area contributed by atoms with Crippen LogP contribution in [-0.4, -0.2) is 23.2 Å². The summed E-state index contributed by atoms with van der Waals surface area (Å²) in [4.78, 5) is 12.9. The molecule has 116 valence electrons. The van der Waals surface area contributed by atoms with Crippen LogP contribution in [0.3, 0.4) is 0 Å². The molecule has 23 heavy (non-hydrogen) atoms. The lowest BCUT2D eigenvalue weighted by Gasteiger charge is -2.03. The van der Waals surface area contributed by atoms with Crippen LogP contribution in [0.4, 0.5) is 5.69 Å². The molecule has 0 saturated carbocycles. The molecular weight excluding hydrogens is 290 g/mol. The van der Waals surface area contributed by atoms with Gasteiger partial charge in [0.25, 0.3) is 0 Å². The van der Waals surface area contributed by atoms with Crippen molar-refractivity contribution >= 4 is 11.8 Å². The predicted octanol–water partition coefficient (Wildman–Crippen LogP) is 2.08. The van der Waals surface area contributed by atoms with Crippen molar-refractivity contribution in [3.63, 3.8) is 0 Å². The van der Waals surface area contributed by atoms with Crippen LogP contribution in [0.2, 0.25) is 0 Å². The van der Waals surface area contributed by atoms with E-state index in [0.29, 0.717) is 30.1 Å². The molecule has 1 aromatic carbocycles. The monoisotopic (exact) mass is 307 g/mol. The Morgan fingerprint density at radius 1 is 1.09 bits per heavy atom. The summed E-state index contributed by atoms with van der Waals surface area (Å²) in [6, 6.07) is 7.59. The molecule has 2 aromatic rings. The van der Waals surface area contributed by atoms with Gasteiger partial charge in [-0.3, -0.25) is 0 Å². The molecule has 0 aliphatic carbocycles. The number of nitrogens with zero attached hydrogens (tertiary/aromatic N) is 3. The van der Waals surface area contributed by atoms with E-state index in [0.717, 1.165) is 11.6 Å². The molecule has 0 saturated heterocycles. The van der Waals surface area contributed by atoms with E-state index in [9.17, 15) is 0 Å². The molecule has 1 aliphatic rings. The molecule has 0 spiro atoms. The van der Waals surface area contributed by atoms with E-state index in [4.69, 9.17) is 9.47 Å². The molecule has 5 heteroatoms. The van der Waals surface area contributed by atoms with Crippen LogP contribution in [-0.2, 0) is 4.74 Å². The van der Waals surface area contributed by atoms with Gasteiger partial charge in [0, 0.05) is 11.4 Å². The minimum Gasteiger partial charge on any atom is -0.463 e. The highest BCUT2D eigenvalue weighted by molar-refractivity contribution is 5.51. The predicted molar refractivity (Wildman–Crippen MR) is 87.7 cm³/mol. The fourth-order valence-corrected chi connectivity index (χ4v) is 2.05. The van der Waals surface area contributed by atoms with Gasteiger partial charge in [0.05, 0.1) is 19.5 Å². The molecule has 0 radical (unpaired) electrons. The molecule has 3 rings (SSSR count). The lowest BCUT2D eigenvalue weighted by molar-refractivity contribution is 0.175. The number of rotatable bonds is 0. The minimum absolute atomic E-state index is 0.498. The fourth-order valence-electron chi connectivity index (χ4n) is 2.05. The second-order valence-corrected chi connectivity index (χ2v) is 4.82. The molecule has 0 atom stereocenters. The Bertz CT molecular complexity index is 828. The van der Waals surface area contributed by atoms with E-state index in [-0.39, 0.29) is 0 Å². The number of hydrogen-bond acceptors (Lipinski definition) is 5. The number of aromatic nitrogens is 2. The average molecular weight is 307 g/mol. The molecular formula is C18H17N3O2. The second-order valence-electron chi connectivity index (χ2n) is 4.82. The fraction of sp³-hybridized carbons (Fsp3) is 0.167. The van der Waals surface area contributed by atoms with Crippen LogP contribution in [0.1, 0.15) is 6.42 Å². The van der Waals surface area contributed by atoms with Crippen molar-refractivity contribution in [1.29, 1.82) is 0 Å². The molecule has 0 unspecified atom stereocenters. The maximum absolute atomic E-state index is 5.67. The lowest BCUT2D eigenvalue weighted by Crippen LogP contribution is -2.29. The number of benzene rings is 1. The van der Waals surface area contributed by atoms with Gasteiger partial charge in [-0.25, -0.2) is 15.0 Å². The Morgan fingerprint density at radius 3 is 3.04 bits per heavy atom. The smallest absolute Gasteiger partial charge is 0.162 e. The first-order valence-corrected chi connectivity index (χ1v) is 7.43. The van der Waals surface area contributed by atoms with Gasteiger partial charge in [-0.2, -0.15) is 0 Å². The standard InChI is InChI=1S/C18H17N3O2/c1-2-6-11-23-17-8-4-3-7-16(17)21-18-15(13-19-14-20-18)9-12-22-10-5-1/h1-4,6-9,11,13-14H,5,10,12H2. The summed E-state index contributed by atoms with van der Waals surface area (Å²) in [7, 11) is 0. The van der Waals surface area contributed by atoms with Crippen LogP contribution in [0, 0.1) is 0 Å². The first kappa shape index (κ1) is 15.1. The van der Waals surface area contributed by atoms with Crippen LogP contribution in [0.15, 0.2) is 66.3 Å². The molecule has 0 fully saturated rings. The first-order valence-electron chi connectivity index (χ1n) is 7.43. The van der Waals surface area contributed by atoms with Gasteiger partial charge in [-0.1, -0.05) is 24.3 Å². The number of para-hydroxylation sites is 2. The zero-order chi connectivity index (χ0) is 15.7. The Labute approximate surface area is 134 Å². The van der Waals surface area contributed by atoms with Gasteiger partial charge in [-0.05, 0) is 30.7 Å². The van der Waals surface area contributed by atoms with Crippen molar-refractivity contribution in [2.45, 2.75) is 6.42 Å². The Kier molecular flexibility index (Phi) is 5.26. The first-order chi connectivity index (χ1) is 11.4.